The fourth-order valence-electron chi connectivity index (χ4n) is 3.24. The Bertz CT molecular complexity index is 1010. The van der Waals surface area contributed by atoms with Gasteiger partial charge in [-0.1, -0.05) is 50.2 Å². The van der Waals surface area contributed by atoms with E-state index < -0.39 is 0 Å². The lowest BCUT2D eigenvalue weighted by Crippen LogP contribution is -2.27. The van der Waals surface area contributed by atoms with Crippen molar-refractivity contribution in [2.45, 2.75) is 52.1 Å². The van der Waals surface area contributed by atoms with Crippen molar-refractivity contribution >= 4 is 16.8 Å². The third-order valence-electron chi connectivity index (χ3n) is 5.02. The number of nitrogens with zero attached hydrogens (tertiary/aromatic N) is 2. The smallest absolute Gasteiger partial charge is 0.261 e. The standard InChI is InChI=1S/C23H27N3O2/c1-16(2)18-10-12-19(13-11-18)17(3)25-22(27)9-6-14-26-15-24-21-8-5-4-7-20(21)23(26)28/h4-5,7-8,10-13,15-17H,6,9,14H2,1-3H3,(H,25,27). The van der Waals surface area contributed by atoms with Gasteiger partial charge in [-0.2, -0.15) is 0 Å². The molecule has 0 saturated heterocycles. The first-order valence-electron chi connectivity index (χ1n) is 9.79. The van der Waals surface area contributed by atoms with Gasteiger partial charge in [-0.25, -0.2) is 4.98 Å². The average Bonchev–Trinajstić information content (AvgIpc) is 2.70. The van der Waals surface area contributed by atoms with Crippen LogP contribution in [0, 0.1) is 0 Å². The van der Waals surface area contributed by atoms with Crippen molar-refractivity contribution in [1.82, 2.24) is 14.9 Å². The highest BCUT2D eigenvalue weighted by molar-refractivity contribution is 5.77. The third kappa shape index (κ3) is 4.66. The molecule has 2 aromatic carbocycles. The molecule has 146 valence electrons. The van der Waals surface area contributed by atoms with E-state index in [1.807, 2.05) is 25.1 Å². The molecule has 1 aromatic heterocycles. The second-order valence-electron chi connectivity index (χ2n) is 7.47. The predicted molar refractivity (Wildman–Crippen MR) is 112 cm³/mol. The highest BCUT2D eigenvalue weighted by atomic mass is 16.1. The highest BCUT2D eigenvalue weighted by Gasteiger charge is 2.10. The van der Waals surface area contributed by atoms with Gasteiger partial charge in [0, 0.05) is 13.0 Å². The van der Waals surface area contributed by atoms with E-state index in [2.05, 4.69) is 48.4 Å². The molecule has 5 heteroatoms. The molecule has 3 aromatic rings. The van der Waals surface area contributed by atoms with Crippen LogP contribution in [-0.2, 0) is 11.3 Å². The van der Waals surface area contributed by atoms with Crippen molar-refractivity contribution < 1.29 is 4.79 Å². The summed E-state index contributed by atoms with van der Waals surface area (Å²) in [5, 5.41) is 3.64. The molecule has 1 heterocycles. The van der Waals surface area contributed by atoms with Gasteiger partial charge >= 0.3 is 0 Å². The molecule has 0 saturated carbocycles. The first-order chi connectivity index (χ1) is 13.5. The molecule has 0 aliphatic heterocycles. The van der Waals surface area contributed by atoms with E-state index >= 15 is 0 Å². The van der Waals surface area contributed by atoms with Crippen molar-refractivity contribution in [2.24, 2.45) is 0 Å². The molecule has 1 unspecified atom stereocenters. The molecule has 1 amide bonds. The summed E-state index contributed by atoms with van der Waals surface area (Å²) in [7, 11) is 0. The minimum absolute atomic E-state index is 0.0118. The van der Waals surface area contributed by atoms with E-state index in [1.165, 1.54) is 5.56 Å². The van der Waals surface area contributed by atoms with Gasteiger partial charge in [0.1, 0.15) is 0 Å². The summed E-state index contributed by atoms with van der Waals surface area (Å²) in [6.45, 7) is 6.79. The molecule has 0 fully saturated rings. The summed E-state index contributed by atoms with van der Waals surface area (Å²) in [5.74, 6) is 0.481. The maximum absolute atomic E-state index is 12.5. The Morgan fingerprint density at radius 3 is 2.43 bits per heavy atom. The molecule has 1 N–H and O–H groups in total. The van der Waals surface area contributed by atoms with Crippen LogP contribution in [0.3, 0.4) is 0 Å². The fraction of sp³-hybridized carbons (Fsp3) is 0.348. The van der Waals surface area contributed by atoms with Gasteiger partial charge in [-0.05, 0) is 42.5 Å². The van der Waals surface area contributed by atoms with E-state index in [-0.39, 0.29) is 17.5 Å². The first-order valence-corrected chi connectivity index (χ1v) is 9.79. The molecular formula is C23H27N3O2. The maximum Gasteiger partial charge on any atom is 0.261 e. The van der Waals surface area contributed by atoms with Crippen LogP contribution in [0.25, 0.3) is 10.9 Å². The molecule has 0 bridgehead atoms. The van der Waals surface area contributed by atoms with Crippen LogP contribution in [-0.4, -0.2) is 15.5 Å². The largest absolute Gasteiger partial charge is 0.350 e. The number of aromatic nitrogens is 2. The molecule has 3 rings (SSSR count). The van der Waals surface area contributed by atoms with E-state index in [0.29, 0.717) is 36.2 Å². The van der Waals surface area contributed by atoms with Crippen molar-refractivity contribution in [1.29, 1.82) is 0 Å². The molecule has 0 radical (unpaired) electrons. The van der Waals surface area contributed by atoms with Crippen molar-refractivity contribution in [2.75, 3.05) is 0 Å². The maximum atomic E-state index is 12.5. The fourth-order valence-corrected chi connectivity index (χ4v) is 3.24. The number of para-hydroxylation sites is 1. The van der Waals surface area contributed by atoms with E-state index in [9.17, 15) is 9.59 Å². The zero-order chi connectivity index (χ0) is 20.1. The van der Waals surface area contributed by atoms with E-state index in [4.69, 9.17) is 0 Å². The van der Waals surface area contributed by atoms with Crippen molar-refractivity contribution in [3.05, 3.63) is 76.3 Å². The van der Waals surface area contributed by atoms with Crippen LogP contribution in [0.2, 0.25) is 0 Å². The summed E-state index contributed by atoms with van der Waals surface area (Å²) in [4.78, 5) is 29.0. The Hall–Kier alpha value is -2.95. The Morgan fingerprint density at radius 2 is 1.71 bits per heavy atom. The van der Waals surface area contributed by atoms with Gasteiger partial charge in [-0.3, -0.25) is 14.2 Å². The minimum atomic E-state index is -0.0652. The van der Waals surface area contributed by atoms with Gasteiger partial charge in [0.2, 0.25) is 5.91 Å². The van der Waals surface area contributed by atoms with Crippen molar-refractivity contribution in [3.63, 3.8) is 0 Å². The lowest BCUT2D eigenvalue weighted by Gasteiger charge is -2.15. The summed E-state index contributed by atoms with van der Waals surface area (Å²) in [5.41, 5.74) is 3.01. The second-order valence-corrected chi connectivity index (χ2v) is 7.47. The molecule has 0 spiro atoms. The number of rotatable bonds is 7. The molecular weight excluding hydrogens is 350 g/mol. The number of benzene rings is 2. The first kappa shape index (κ1) is 19.8. The molecule has 1 atom stereocenters. The number of nitrogens with one attached hydrogen (secondary N) is 1. The van der Waals surface area contributed by atoms with Gasteiger partial charge < -0.3 is 5.32 Å². The van der Waals surface area contributed by atoms with Gasteiger partial charge in [0.05, 0.1) is 23.3 Å². The van der Waals surface area contributed by atoms with Crippen molar-refractivity contribution in [3.8, 4) is 0 Å². The quantitative estimate of drug-likeness (QED) is 0.672. The van der Waals surface area contributed by atoms with Crippen LogP contribution in [0.1, 0.15) is 56.7 Å². The Labute approximate surface area is 165 Å². The number of amides is 1. The number of aryl methyl sites for hydroxylation is 1. The summed E-state index contributed by atoms with van der Waals surface area (Å²) < 4.78 is 1.57. The number of carbonyl (C=O) groups is 1. The number of hydrogen-bond donors (Lipinski definition) is 1. The lowest BCUT2D eigenvalue weighted by atomic mass is 9.99. The van der Waals surface area contributed by atoms with Gasteiger partial charge in [0.25, 0.3) is 5.56 Å². The highest BCUT2D eigenvalue weighted by Crippen LogP contribution is 2.18. The predicted octanol–water partition coefficient (Wildman–Crippen LogP) is 4.18. The topological polar surface area (TPSA) is 64.0 Å². The second kappa shape index (κ2) is 8.83. The molecule has 0 aliphatic rings. The van der Waals surface area contributed by atoms with E-state index in [1.54, 1.807) is 17.0 Å². The zero-order valence-electron chi connectivity index (χ0n) is 16.7. The van der Waals surface area contributed by atoms with Crippen LogP contribution < -0.4 is 10.9 Å². The monoisotopic (exact) mass is 377 g/mol. The molecule has 28 heavy (non-hydrogen) atoms. The summed E-state index contributed by atoms with van der Waals surface area (Å²) in [6.07, 6.45) is 2.51. The van der Waals surface area contributed by atoms with Gasteiger partial charge in [0.15, 0.2) is 0 Å². The van der Waals surface area contributed by atoms with Crippen LogP contribution >= 0.6 is 0 Å². The zero-order valence-corrected chi connectivity index (χ0v) is 16.7. The lowest BCUT2D eigenvalue weighted by molar-refractivity contribution is -0.121. The van der Waals surface area contributed by atoms with Gasteiger partial charge in [-0.15, -0.1) is 0 Å². The van der Waals surface area contributed by atoms with Crippen LogP contribution in [0.5, 0.6) is 0 Å². The normalized spacial score (nSPS) is 12.3. The van der Waals surface area contributed by atoms with Crippen LogP contribution in [0.4, 0.5) is 0 Å². The van der Waals surface area contributed by atoms with Crippen LogP contribution in [0.15, 0.2) is 59.7 Å². The SMILES string of the molecule is CC(C)c1ccc(C(C)NC(=O)CCCn2cnc3ccccc3c2=O)cc1. The summed E-state index contributed by atoms with van der Waals surface area (Å²) >= 11 is 0. The number of fused-ring (bicyclic) bond motifs is 1. The Balaban J connectivity index is 1.53. The Kier molecular flexibility index (Phi) is 6.24. The third-order valence-corrected chi connectivity index (χ3v) is 5.02. The molecule has 0 aliphatic carbocycles. The summed E-state index contributed by atoms with van der Waals surface area (Å²) in [6, 6.07) is 15.6. The Morgan fingerprint density at radius 1 is 1.04 bits per heavy atom. The van der Waals surface area contributed by atoms with E-state index in [0.717, 1.165) is 5.56 Å². The molecule has 5 nitrogen and oxygen atoms in total. The average molecular weight is 377 g/mol. The number of carbonyl (C=O) groups excluding carboxylic acids is 1. The minimum Gasteiger partial charge on any atom is -0.350 e. The number of hydrogen-bond acceptors (Lipinski definition) is 3.